The van der Waals surface area contributed by atoms with Crippen LogP contribution in [0.15, 0.2) is 35.5 Å². The molecule has 0 fully saturated rings. The van der Waals surface area contributed by atoms with Gasteiger partial charge in [0.1, 0.15) is 6.54 Å². The topological polar surface area (TPSA) is 94.8 Å². The van der Waals surface area contributed by atoms with Crippen LogP contribution in [0.1, 0.15) is 12.0 Å². The van der Waals surface area contributed by atoms with E-state index < -0.39 is 9.84 Å². The first kappa shape index (κ1) is 14.3. The Morgan fingerprint density at radius 2 is 1.95 bits per heavy atom. The quantitative estimate of drug-likeness (QED) is 0.759. The number of carbonyl (C=O) groups excluding carboxylic acids is 1. The Morgan fingerprint density at radius 1 is 1.25 bits per heavy atom. The minimum atomic E-state index is -3.49. The molecule has 0 aliphatic carbocycles. The number of ketones is 1. The number of nitrogens with zero attached hydrogens (tertiary/aromatic N) is 4. The van der Waals surface area contributed by atoms with Gasteiger partial charge in [0.15, 0.2) is 5.78 Å². The SMILES string of the molecule is CS(=O)(=O)c1nnn(CC(=O)CCc2ccccc2)n1. The Labute approximate surface area is 116 Å². The molecule has 0 radical (unpaired) electrons. The van der Waals surface area contributed by atoms with Crippen molar-refractivity contribution in [1.29, 1.82) is 0 Å². The molecule has 20 heavy (non-hydrogen) atoms. The van der Waals surface area contributed by atoms with Gasteiger partial charge < -0.3 is 0 Å². The van der Waals surface area contributed by atoms with Crippen LogP contribution in [0.4, 0.5) is 0 Å². The van der Waals surface area contributed by atoms with Crippen LogP contribution >= 0.6 is 0 Å². The molecule has 0 saturated carbocycles. The summed E-state index contributed by atoms with van der Waals surface area (Å²) in [5, 5.41) is 10.2. The Bertz CT molecular complexity index is 695. The van der Waals surface area contributed by atoms with Crippen molar-refractivity contribution in [3.63, 3.8) is 0 Å². The molecule has 1 aromatic heterocycles. The number of rotatable bonds is 6. The van der Waals surface area contributed by atoms with Crippen molar-refractivity contribution in [3.8, 4) is 0 Å². The molecule has 8 heteroatoms. The second-order valence-corrected chi connectivity index (χ2v) is 6.31. The largest absolute Gasteiger partial charge is 0.298 e. The molecule has 7 nitrogen and oxygen atoms in total. The summed E-state index contributed by atoms with van der Waals surface area (Å²) in [7, 11) is -3.49. The average molecular weight is 294 g/mol. The van der Waals surface area contributed by atoms with E-state index in [4.69, 9.17) is 0 Å². The molecule has 106 valence electrons. The van der Waals surface area contributed by atoms with Crippen molar-refractivity contribution in [3.05, 3.63) is 35.9 Å². The predicted molar refractivity (Wildman–Crippen MR) is 70.7 cm³/mol. The van der Waals surface area contributed by atoms with Gasteiger partial charge in [0.25, 0.3) is 5.16 Å². The molecule has 0 saturated heterocycles. The van der Waals surface area contributed by atoms with E-state index in [1.807, 2.05) is 30.3 Å². The molecule has 0 unspecified atom stereocenters. The maximum Gasteiger partial charge on any atom is 0.288 e. The first-order chi connectivity index (χ1) is 9.45. The Kier molecular flexibility index (Phi) is 4.23. The molecule has 0 atom stereocenters. The molecule has 2 rings (SSSR count). The second-order valence-electron chi connectivity index (χ2n) is 4.40. The van der Waals surface area contributed by atoms with Crippen molar-refractivity contribution in [1.82, 2.24) is 20.2 Å². The molecule has 1 heterocycles. The van der Waals surface area contributed by atoms with E-state index in [9.17, 15) is 13.2 Å². The zero-order chi connectivity index (χ0) is 14.6. The molecule has 0 bridgehead atoms. The molecule has 0 N–H and O–H groups in total. The summed E-state index contributed by atoms with van der Waals surface area (Å²) in [5.41, 5.74) is 1.07. The number of hydrogen-bond acceptors (Lipinski definition) is 6. The molecule has 1 aromatic carbocycles. The normalized spacial score (nSPS) is 11.4. The van der Waals surface area contributed by atoms with Gasteiger partial charge in [-0.15, -0.1) is 5.10 Å². The predicted octanol–water partition coefficient (Wildman–Crippen LogP) is 0.278. The van der Waals surface area contributed by atoms with E-state index in [1.54, 1.807) is 0 Å². The van der Waals surface area contributed by atoms with Crippen molar-refractivity contribution < 1.29 is 13.2 Å². The lowest BCUT2D eigenvalue weighted by molar-refractivity contribution is -0.120. The van der Waals surface area contributed by atoms with Crippen molar-refractivity contribution in [2.75, 3.05) is 6.26 Å². The van der Waals surface area contributed by atoms with E-state index in [1.165, 1.54) is 0 Å². The third kappa shape index (κ3) is 3.95. The number of Topliss-reactive ketones (excluding diaryl/α,β-unsaturated/α-hetero) is 1. The fourth-order valence-corrected chi connectivity index (χ4v) is 2.04. The van der Waals surface area contributed by atoms with Crippen molar-refractivity contribution >= 4 is 15.6 Å². The molecule has 2 aromatic rings. The van der Waals surface area contributed by atoms with Crippen LogP contribution in [-0.2, 0) is 27.6 Å². The summed E-state index contributed by atoms with van der Waals surface area (Å²) in [6.45, 7) is -0.0741. The van der Waals surface area contributed by atoms with Crippen LogP contribution in [0.3, 0.4) is 0 Å². The summed E-state index contributed by atoms with van der Waals surface area (Å²) in [5.74, 6) is -0.0775. The van der Waals surface area contributed by atoms with Gasteiger partial charge in [-0.25, -0.2) is 8.42 Å². The molecule has 0 amide bonds. The molecule has 0 aliphatic rings. The van der Waals surface area contributed by atoms with E-state index in [0.717, 1.165) is 16.6 Å². The van der Waals surface area contributed by atoms with E-state index in [2.05, 4.69) is 15.4 Å². The molecule has 0 spiro atoms. The van der Waals surface area contributed by atoms with Gasteiger partial charge in [0, 0.05) is 12.7 Å². The van der Waals surface area contributed by atoms with Gasteiger partial charge in [0.05, 0.1) is 0 Å². The number of sulfone groups is 1. The number of benzene rings is 1. The van der Waals surface area contributed by atoms with Crippen molar-refractivity contribution in [2.45, 2.75) is 24.5 Å². The molecular formula is C12H14N4O3S. The number of hydrogen-bond donors (Lipinski definition) is 0. The lowest BCUT2D eigenvalue weighted by Crippen LogP contribution is -2.14. The summed E-state index contributed by atoms with van der Waals surface area (Å²) in [6.07, 6.45) is 1.97. The number of aryl methyl sites for hydroxylation is 1. The molecule has 0 aliphatic heterocycles. The Balaban J connectivity index is 1.90. The molecular weight excluding hydrogens is 280 g/mol. The Hall–Kier alpha value is -2.09. The van der Waals surface area contributed by atoms with Crippen LogP contribution in [0, 0.1) is 0 Å². The van der Waals surface area contributed by atoms with Crippen LogP contribution in [-0.4, -0.2) is 40.7 Å². The monoisotopic (exact) mass is 294 g/mol. The summed E-state index contributed by atoms with van der Waals surface area (Å²) >= 11 is 0. The smallest absolute Gasteiger partial charge is 0.288 e. The minimum absolute atomic E-state index is 0.0741. The van der Waals surface area contributed by atoms with Gasteiger partial charge in [-0.2, -0.15) is 4.80 Å². The van der Waals surface area contributed by atoms with E-state index >= 15 is 0 Å². The zero-order valence-corrected chi connectivity index (χ0v) is 11.7. The summed E-state index contributed by atoms with van der Waals surface area (Å²) in [6, 6.07) is 9.64. The maximum absolute atomic E-state index is 11.8. The standard InChI is InChI=1S/C12H14N4O3S/c1-20(18,19)12-13-15-16(14-12)9-11(17)8-7-10-5-3-2-4-6-10/h2-6H,7-9H2,1H3. The Morgan fingerprint density at radius 3 is 2.55 bits per heavy atom. The average Bonchev–Trinajstić information content (AvgIpc) is 2.86. The minimum Gasteiger partial charge on any atom is -0.298 e. The van der Waals surface area contributed by atoms with Gasteiger partial charge >= 0.3 is 0 Å². The highest BCUT2D eigenvalue weighted by Crippen LogP contribution is 2.04. The fraction of sp³-hybridized carbons (Fsp3) is 0.333. The van der Waals surface area contributed by atoms with Gasteiger partial charge in [-0.1, -0.05) is 35.4 Å². The highest BCUT2D eigenvalue weighted by Gasteiger charge is 2.15. The van der Waals surface area contributed by atoms with E-state index in [-0.39, 0.29) is 17.5 Å². The zero-order valence-electron chi connectivity index (χ0n) is 10.9. The highest BCUT2D eigenvalue weighted by atomic mass is 32.2. The lowest BCUT2D eigenvalue weighted by Gasteiger charge is -2.00. The number of tetrazole rings is 1. The number of carbonyl (C=O) groups is 1. The van der Waals surface area contributed by atoms with Gasteiger partial charge in [-0.05, 0) is 17.2 Å². The van der Waals surface area contributed by atoms with Crippen LogP contribution in [0.25, 0.3) is 0 Å². The first-order valence-electron chi connectivity index (χ1n) is 5.98. The van der Waals surface area contributed by atoms with Gasteiger partial charge in [-0.3, -0.25) is 4.79 Å². The van der Waals surface area contributed by atoms with Crippen molar-refractivity contribution in [2.24, 2.45) is 0 Å². The van der Waals surface area contributed by atoms with Crippen LogP contribution in [0.5, 0.6) is 0 Å². The highest BCUT2D eigenvalue weighted by molar-refractivity contribution is 7.90. The lowest BCUT2D eigenvalue weighted by atomic mass is 10.1. The van der Waals surface area contributed by atoms with Crippen LogP contribution in [0.2, 0.25) is 0 Å². The summed E-state index contributed by atoms with van der Waals surface area (Å²) < 4.78 is 22.4. The van der Waals surface area contributed by atoms with Crippen LogP contribution < -0.4 is 0 Å². The first-order valence-corrected chi connectivity index (χ1v) is 7.88. The summed E-state index contributed by atoms with van der Waals surface area (Å²) in [4.78, 5) is 12.8. The fourth-order valence-electron chi connectivity index (χ4n) is 1.61. The second kappa shape index (κ2) is 5.91. The van der Waals surface area contributed by atoms with E-state index in [0.29, 0.717) is 12.8 Å². The third-order valence-electron chi connectivity index (χ3n) is 2.62. The number of aromatic nitrogens is 4. The maximum atomic E-state index is 11.8. The van der Waals surface area contributed by atoms with Gasteiger partial charge in [0.2, 0.25) is 9.84 Å². The third-order valence-corrected chi connectivity index (χ3v) is 3.45.